The molecule has 0 bridgehead atoms. The molecule has 0 saturated carbocycles. The maximum Gasteiger partial charge on any atom is 0.270 e. The predicted octanol–water partition coefficient (Wildman–Crippen LogP) is 3.43. The van der Waals surface area contributed by atoms with Crippen molar-refractivity contribution in [3.63, 3.8) is 0 Å². The van der Waals surface area contributed by atoms with Gasteiger partial charge in [-0.15, -0.1) is 0 Å². The molecular weight excluding hydrogens is 278 g/mol. The number of carbonyl (C=O) groups excluding carboxylic acids is 1. The Morgan fingerprint density at radius 2 is 2.36 bits per heavy atom. The first-order valence-electron chi connectivity index (χ1n) is 8.05. The van der Waals surface area contributed by atoms with Crippen LogP contribution in [-0.2, 0) is 13.0 Å². The Hall–Kier alpha value is -2.04. The molecule has 0 spiro atoms. The maximum atomic E-state index is 12.7. The summed E-state index contributed by atoms with van der Waals surface area (Å²) in [5.41, 5.74) is 2.72. The van der Waals surface area contributed by atoms with Crippen LogP contribution in [0.15, 0.2) is 22.8 Å². The van der Waals surface area contributed by atoms with Crippen molar-refractivity contribution in [2.45, 2.75) is 58.5 Å². The number of hydrogen-bond donors (Lipinski definition) is 1. The number of nitrogens with zero attached hydrogens (tertiary/aromatic N) is 2. The number of nitrogens with one attached hydrogen (secondary N) is 1. The molecule has 5 heteroatoms. The van der Waals surface area contributed by atoms with Gasteiger partial charge in [0.15, 0.2) is 0 Å². The third-order valence-electron chi connectivity index (χ3n) is 4.28. The molecule has 1 unspecified atom stereocenters. The Bertz CT molecular complexity index is 669. The lowest BCUT2D eigenvalue weighted by Crippen LogP contribution is -2.32. The van der Waals surface area contributed by atoms with Crippen molar-refractivity contribution in [2.24, 2.45) is 0 Å². The molecule has 118 valence electrons. The lowest BCUT2D eigenvalue weighted by atomic mass is 9.93. The molecule has 2 heterocycles. The van der Waals surface area contributed by atoms with Gasteiger partial charge >= 0.3 is 0 Å². The highest BCUT2D eigenvalue weighted by Gasteiger charge is 2.26. The molecule has 0 aromatic carbocycles. The molecule has 0 aliphatic heterocycles. The van der Waals surface area contributed by atoms with E-state index >= 15 is 0 Å². The van der Waals surface area contributed by atoms with Gasteiger partial charge in [0, 0.05) is 18.5 Å². The van der Waals surface area contributed by atoms with Gasteiger partial charge in [0.2, 0.25) is 0 Å². The summed E-state index contributed by atoms with van der Waals surface area (Å²) in [6.45, 7) is 6.87. The molecule has 1 atom stereocenters. The summed E-state index contributed by atoms with van der Waals surface area (Å²) < 4.78 is 7.27. The van der Waals surface area contributed by atoms with Gasteiger partial charge in [-0.1, -0.05) is 13.8 Å². The van der Waals surface area contributed by atoms with Gasteiger partial charge < -0.3 is 9.73 Å². The minimum absolute atomic E-state index is 0.0395. The van der Waals surface area contributed by atoms with E-state index in [0.29, 0.717) is 18.2 Å². The fourth-order valence-electron chi connectivity index (χ4n) is 3.01. The van der Waals surface area contributed by atoms with Gasteiger partial charge in [-0.25, -0.2) is 0 Å². The molecule has 1 N–H and O–H groups in total. The molecule has 0 radical (unpaired) electrons. The molecule has 1 aliphatic rings. The third-order valence-corrected chi connectivity index (χ3v) is 4.28. The zero-order valence-electron chi connectivity index (χ0n) is 13.4. The van der Waals surface area contributed by atoms with Crippen LogP contribution in [0.25, 0.3) is 0 Å². The van der Waals surface area contributed by atoms with E-state index in [0.717, 1.165) is 36.3 Å². The van der Waals surface area contributed by atoms with Crippen molar-refractivity contribution in [3.05, 3.63) is 41.1 Å². The average Bonchev–Trinajstić information content (AvgIpc) is 3.14. The summed E-state index contributed by atoms with van der Waals surface area (Å²) in [7, 11) is 0. The molecular formula is C17H23N3O2. The highest BCUT2D eigenvalue weighted by molar-refractivity contribution is 5.93. The standard InChI is InChI=1S/C17H23N3O2/c1-4-20-15(10-14(19-20)11(2)3)17(21)18-13-6-5-7-16-12(13)8-9-22-16/h8-11,13H,4-7H2,1-3H3,(H,18,21). The van der Waals surface area contributed by atoms with Gasteiger partial charge in [-0.3, -0.25) is 9.48 Å². The van der Waals surface area contributed by atoms with Crippen LogP contribution < -0.4 is 5.32 Å². The second-order valence-electron chi connectivity index (χ2n) is 6.14. The number of fused-ring (bicyclic) bond motifs is 1. The van der Waals surface area contributed by atoms with Crippen LogP contribution >= 0.6 is 0 Å². The molecule has 1 aliphatic carbocycles. The molecule has 1 amide bonds. The van der Waals surface area contributed by atoms with E-state index in [1.165, 1.54) is 0 Å². The number of aromatic nitrogens is 2. The van der Waals surface area contributed by atoms with Crippen LogP contribution in [0.5, 0.6) is 0 Å². The SMILES string of the molecule is CCn1nc(C(C)C)cc1C(=O)NC1CCCc2occc21. The average molecular weight is 301 g/mol. The summed E-state index contributed by atoms with van der Waals surface area (Å²) in [6, 6.07) is 3.91. The number of hydrogen-bond acceptors (Lipinski definition) is 3. The smallest absolute Gasteiger partial charge is 0.270 e. The highest BCUT2D eigenvalue weighted by atomic mass is 16.3. The normalized spacial score (nSPS) is 17.5. The van der Waals surface area contributed by atoms with E-state index in [9.17, 15) is 4.79 Å². The van der Waals surface area contributed by atoms with Crippen LogP contribution in [0, 0.1) is 0 Å². The molecule has 5 nitrogen and oxygen atoms in total. The van der Waals surface area contributed by atoms with E-state index in [2.05, 4.69) is 24.3 Å². The largest absolute Gasteiger partial charge is 0.469 e. The van der Waals surface area contributed by atoms with Crippen LogP contribution in [0.3, 0.4) is 0 Å². The summed E-state index contributed by atoms with van der Waals surface area (Å²) in [5.74, 6) is 1.26. The Morgan fingerprint density at radius 3 is 3.09 bits per heavy atom. The second-order valence-corrected chi connectivity index (χ2v) is 6.14. The minimum Gasteiger partial charge on any atom is -0.469 e. The van der Waals surface area contributed by atoms with Crippen molar-refractivity contribution in [1.29, 1.82) is 0 Å². The third kappa shape index (κ3) is 2.67. The fourth-order valence-corrected chi connectivity index (χ4v) is 3.01. The van der Waals surface area contributed by atoms with E-state index in [4.69, 9.17) is 4.42 Å². The number of rotatable bonds is 4. The Kier molecular flexibility index (Phi) is 4.05. The Balaban J connectivity index is 1.81. The summed E-state index contributed by atoms with van der Waals surface area (Å²) >= 11 is 0. The van der Waals surface area contributed by atoms with Gasteiger partial charge in [0.05, 0.1) is 18.0 Å². The van der Waals surface area contributed by atoms with E-state index < -0.39 is 0 Å². The van der Waals surface area contributed by atoms with Gasteiger partial charge in [0.1, 0.15) is 11.5 Å². The first-order chi connectivity index (χ1) is 10.6. The predicted molar refractivity (Wildman–Crippen MR) is 83.8 cm³/mol. The van der Waals surface area contributed by atoms with Crippen LogP contribution in [0.1, 0.15) is 73.1 Å². The molecule has 2 aromatic heterocycles. The molecule has 0 saturated heterocycles. The van der Waals surface area contributed by atoms with Crippen LogP contribution in [-0.4, -0.2) is 15.7 Å². The second kappa shape index (κ2) is 5.99. The van der Waals surface area contributed by atoms with Crippen LogP contribution in [0.4, 0.5) is 0 Å². The molecule has 0 fully saturated rings. The van der Waals surface area contributed by atoms with Crippen LogP contribution in [0.2, 0.25) is 0 Å². The zero-order chi connectivity index (χ0) is 15.7. The van der Waals surface area contributed by atoms with Crippen molar-refractivity contribution in [3.8, 4) is 0 Å². The lowest BCUT2D eigenvalue weighted by molar-refractivity contribution is 0.0921. The number of aryl methyl sites for hydroxylation is 2. The minimum atomic E-state index is -0.0553. The number of furan rings is 1. The van der Waals surface area contributed by atoms with Gasteiger partial charge in [0.25, 0.3) is 5.91 Å². The quantitative estimate of drug-likeness (QED) is 0.941. The molecule has 3 rings (SSSR count). The molecule has 2 aromatic rings. The van der Waals surface area contributed by atoms with E-state index in [1.54, 1.807) is 10.9 Å². The van der Waals surface area contributed by atoms with Crippen molar-refractivity contribution in [2.75, 3.05) is 0 Å². The Morgan fingerprint density at radius 1 is 1.55 bits per heavy atom. The maximum absolute atomic E-state index is 12.7. The number of amides is 1. The summed E-state index contributed by atoms with van der Waals surface area (Å²) in [4.78, 5) is 12.7. The van der Waals surface area contributed by atoms with Gasteiger partial charge in [-0.05, 0) is 37.8 Å². The zero-order valence-corrected chi connectivity index (χ0v) is 13.4. The van der Waals surface area contributed by atoms with Gasteiger partial charge in [-0.2, -0.15) is 5.10 Å². The summed E-state index contributed by atoms with van der Waals surface area (Å²) in [6.07, 6.45) is 4.66. The fraction of sp³-hybridized carbons (Fsp3) is 0.529. The first kappa shape index (κ1) is 14.9. The van der Waals surface area contributed by atoms with Crippen molar-refractivity contribution in [1.82, 2.24) is 15.1 Å². The Labute approximate surface area is 130 Å². The van der Waals surface area contributed by atoms with Crippen molar-refractivity contribution >= 4 is 5.91 Å². The molecule has 22 heavy (non-hydrogen) atoms. The summed E-state index contributed by atoms with van der Waals surface area (Å²) in [5, 5.41) is 7.66. The van der Waals surface area contributed by atoms with Crippen molar-refractivity contribution < 1.29 is 9.21 Å². The topological polar surface area (TPSA) is 60.1 Å². The first-order valence-corrected chi connectivity index (χ1v) is 8.05. The highest BCUT2D eigenvalue weighted by Crippen LogP contribution is 2.30. The van der Waals surface area contributed by atoms with E-state index in [1.807, 2.05) is 19.1 Å². The monoisotopic (exact) mass is 301 g/mol. The number of carbonyl (C=O) groups is 1. The van der Waals surface area contributed by atoms with E-state index in [-0.39, 0.29) is 11.9 Å². The lowest BCUT2D eigenvalue weighted by Gasteiger charge is -2.22.